The van der Waals surface area contributed by atoms with Gasteiger partial charge in [0, 0.05) is 6.42 Å². The largest absolute Gasteiger partial charge is 0.358 e. The summed E-state index contributed by atoms with van der Waals surface area (Å²) in [5.41, 5.74) is 1.12. The molecule has 0 amide bonds. The molecule has 1 atom stereocenters. The van der Waals surface area contributed by atoms with Gasteiger partial charge in [-0.05, 0) is 18.8 Å². The summed E-state index contributed by atoms with van der Waals surface area (Å²) in [6, 6.07) is 9.97. The molecule has 0 radical (unpaired) electrons. The first-order valence-electron chi connectivity index (χ1n) is 4.68. The fourth-order valence-electron chi connectivity index (χ4n) is 1.26. The maximum Gasteiger partial charge on any atom is 0.0971 e. The Bertz CT molecular complexity index is 261. The molecule has 0 aromatic heterocycles. The molecule has 3 heteroatoms. The summed E-state index contributed by atoms with van der Waals surface area (Å²) < 4.78 is 5.56. The Morgan fingerprint density at radius 2 is 2.14 bits per heavy atom. The van der Waals surface area contributed by atoms with Crippen LogP contribution < -0.4 is 5.32 Å². The number of ether oxygens (including phenoxy) is 1. The Balaban J connectivity index is 2.62. The van der Waals surface area contributed by atoms with Gasteiger partial charge in [-0.2, -0.15) is 0 Å². The Morgan fingerprint density at radius 3 is 2.71 bits per heavy atom. The Kier molecular flexibility index (Phi) is 4.89. The highest BCUT2D eigenvalue weighted by Crippen LogP contribution is 2.18. The van der Waals surface area contributed by atoms with E-state index < -0.39 is 0 Å². The van der Waals surface area contributed by atoms with Gasteiger partial charge in [-0.3, -0.25) is 5.32 Å². The molecular formula is C11H16N2O. The number of rotatable bonds is 6. The van der Waals surface area contributed by atoms with E-state index in [1.807, 2.05) is 37.4 Å². The van der Waals surface area contributed by atoms with E-state index in [1.165, 1.54) is 6.21 Å². The van der Waals surface area contributed by atoms with E-state index >= 15 is 0 Å². The van der Waals surface area contributed by atoms with Crippen molar-refractivity contribution in [2.24, 2.45) is 0 Å². The van der Waals surface area contributed by atoms with E-state index in [0.717, 1.165) is 5.56 Å². The van der Waals surface area contributed by atoms with Crippen LogP contribution in [0.25, 0.3) is 0 Å². The highest BCUT2D eigenvalue weighted by atomic mass is 16.5. The minimum atomic E-state index is -0.0128. The van der Waals surface area contributed by atoms with Crippen LogP contribution in [0.15, 0.2) is 30.3 Å². The highest BCUT2D eigenvalue weighted by molar-refractivity contribution is 5.54. The predicted octanol–water partition coefficient (Wildman–Crippen LogP) is 1.96. The predicted molar refractivity (Wildman–Crippen MR) is 57.6 cm³/mol. The SMILES string of the molecule is CNCOC(CC=N)c1ccccc1. The summed E-state index contributed by atoms with van der Waals surface area (Å²) in [6.45, 7) is 0.507. The van der Waals surface area contributed by atoms with E-state index in [9.17, 15) is 0 Å². The van der Waals surface area contributed by atoms with Gasteiger partial charge < -0.3 is 10.1 Å². The molecule has 1 aromatic carbocycles. The zero-order valence-corrected chi connectivity index (χ0v) is 8.36. The number of benzene rings is 1. The molecule has 1 rings (SSSR count). The van der Waals surface area contributed by atoms with Gasteiger partial charge in [0.25, 0.3) is 0 Å². The maximum absolute atomic E-state index is 7.09. The Hall–Kier alpha value is -1.19. The van der Waals surface area contributed by atoms with Crippen molar-refractivity contribution in [3.8, 4) is 0 Å². The molecule has 0 aliphatic heterocycles. The topological polar surface area (TPSA) is 45.1 Å². The van der Waals surface area contributed by atoms with Gasteiger partial charge in [0.15, 0.2) is 0 Å². The van der Waals surface area contributed by atoms with Crippen LogP contribution in [0.3, 0.4) is 0 Å². The third-order valence-electron chi connectivity index (χ3n) is 1.93. The number of hydrogen-bond acceptors (Lipinski definition) is 3. The molecule has 2 N–H and O–H groups in total. The average Bonchev–Trinajstić information content (AvgIpc) is 2.25. The second-order valence-electron chi connectivity index (χ2n) is 3.00. The van der Waals surface area contributed by atoms with Crippen LogP contribution in [0.2, 0.25) is 0 Å². The van der Waals surface area contributed by atoms with Gasteiger partial charge in [0.05, 0.1) is 12.8 Å². The molecule has 0 aliphatic carbocycles. The van der Waals surface area contributed by atoms with E-state index in [-0.39, 0.29) is 6.10 Å². The molecule has 0 spiro atoms. The lowest BCUT2D eigenvalue weighted by atomic mass is 10.1. The van der Waals surface area contributed by atoms with E-state index in [4.69, 9.17) is 10.1 Å². The lowest BCUT2D eigenvalue weighted by Gasteiger charge is -2.15. The normalized spacial score (nSPS) is 12.4. The van der Waals surface area contributed by atoms with Crippen LogP contribution in [0, 0.1) is 5.41 Å². The third-order valence-corrected chi connectivity index (χ3v) is 1.93. The van der Waals surface area contributed by atoms with Gasteiger partial charge in [0.2, 0.25) is 0 Å². The molecular weight excluding hydrogens is 176 g/mol. The van der Waals surface area contributed by atoms with Crippen molar-refractivity contribution in [2.75, 3.05) is 13.8 Å². The van der Waals surface area contributed by atoms with Crippen molar-refractivity contribution in [1.29, 1.82) is 5.41 Å². The first kappa shape index (κ1) is 10.9. The van der Waals surface area contributed by atoms with Crippen LogP contribution in [-0.4, -0.2) is 20.0 Å². The first-order chi connectivity index (χ1) is 6.88. The number of hydrogen-bond donors (Lipinski definition) is 2. The average molecular weight is 192 g/mol. The fraction of sp³-hybridized carbons (Fsp3) is 0.364. The number of nitrogens with one attached hydrogen (secondary N) is 2. The van der Waals surface area contributed by atoms with Crippen molar-refractivity contribution in [1.82, 2.24) is 5.32 Å². The minimum Gasteiger partial charge on any atom is -0.358 e. The zero-order chi connectivity index (χ0) is 10.2. The molecule has 0 fully saturated rings. The van der Waals surface area contributed by atoms with Crippen LogP contribution in [0.4, 0.5) is 0 Å². The van der Waals surface area contributed by atoms with Crippen molar-refractivity contribution in [3.63, 3.8) is 0 Å². The quantitative estimate of drug-likeness (QED) is 0.534. The monoisotopic (exact) mass is 192 g/mol. The van der Waals surface area contributed by atoms with Crippen LogP contribution in [0.1, 0.15) is 18.1 Å². The lowest BCUT2D eigenvalue weighted by Crippen LogP contribution is -2.15. The summed E-state index contributed by atoms with van der Waals surface area (Å²) >= 11 is 0. The van der Waals surface area contributed by atoms with Gasteiger partial charge >= 0.3 is 0 Å². The molecule has 0 saturated carbocycles. The molecule has 3 nitrogen and oxygen atoms in total. The van der Waals surface area contributed by atoms with Crippen molar-refractivity contribution >= 4 is 6.21 Å². The van der Waals surface area contributed by atoms with E-state index in [1.54, 1.807) is 0 Å². The summed E-state index contributed by atoms with van der Waals surface area (Å²) in [5, 5.41) is 10.0. The van der Waals surface area contributed by atoms with Crippen LogP contribution in [0.5, 0.6) is 0 Å². The second-order valence-corrected chi connectivity index (χ2v) is 3.00. The van der Waals surface area contributed by atoms with E-state index in [0.29, 0.717) is 13.2 Å². The van der Waals surface area contributed by atoms with Crippen LogP contribution >= 0.6 is 0 Å². The smallest absolute Gasteiger partial charge is 0.0971 e. The lowest BCUT2D eigenvalue weighted by molar-refractivity contribution is 0.0486. The summed E-state index contributed by atoms with van der Waals surface area (Å²) in [4.78, 5) is 0. The molecule has 0 aliphatic rings. The van der Waals surface area contributed by atoms with E-state index in [2.05, 4.69) is 5.32 Å². The Morgan fingerprint density at radius 1 is 1.43 bits per heavy atom. The van der Waals surface area contributed by atoms with Crippen LogP contribution in [-0.2, 0) is 4.74 Å². The summed E-state index contributed by atoms with van der Waals surface area (Å²) in [6.07, 6.45) is 1.99. The molecule has 14 heavy (non-hydrogen) atoms. The summed E-state index contributed by atoms with van der Waals surface area (Å²) in [5.74, 6) is 0. The molecule has 1 unspecified atom stereocenters. The molecule has 76 valence electrons. The molecule has 1 aromatic rings. The Labute approximate surface area is 84.6 Å². The zero-order valence-electron chi connectivity index (χ0n) is 8.36. The molecule has 0 saturated heterocycles. The standard InChI is InChI=1S/C11H16N2O/c1-13-9-14-11(7-8-12)10-5-3-2-4-6-10/h2-6,8,11-13H,7,9H2,1H3. The third kappa shape index (κ3) is 3.28. The van der Waals surface area contributed by atoms with Gasteiger partial charge in [-0.1, -0.05) is 30.3 Å². The van der Waals surface area contributed by atoms with Gasteiger partial charge in [0.1, 0.15) is 0 Å². The highest BCUT2D eigenvalue weighted by Gasteiger charge is 2.08. The van der Waals surface area contributed by atoms with Crippen molar-refractivity contribution in [2.45, 2.75) is 12.5 Å². The van der Waals surface area contributed by atoms with Gasteiger partial charge in [-0.25, -0.2) is 0 Å². The minimum absolute atomic E-state index is 0.0128. The fourth-order valence-corrected chi connectivity index (χ4v) is 1.26. The summed E-state index contributed by atoms with van der Waals surface area (Å²) in [7, 11) is 1.84. The van der Waals surface area contributed by atoms with Crippen molar-refractivity contribution < 1.29 is 4.74 Å². The van der Waals surface area contributed by atoms with Gasteiger partial charge in [-0.15, -0.1) is 0 Å². The second kappa shape index (κ2) is 6.29. The molecule has 0 heterocycles. The maximum atomic E-state index is 7.09. The molecule has 0 bridgehead atoms. The first-order valence-corrected chi connectivity index (χ1v) is 4.68. The van der Waals surface area contributed by atoms with Crippen molar-refractivity contribution in [3.05, 3.63) is 35.9 Å².